The molecule has 2 N–H and O–H groups in total. The molecular formula is C13H14N2O3. The van der Waals surface area contributed by atoms with Gasteiger partial charge in [0, 0.05) is 12.5 Å². The molecule has 0 atom stereocenters. The first-order valence-electron chi connectivity index (χ1n) is 5.81. The molecule has 2 rings (SSSR count). The highest BCUT2D eigenvalue weighted by Gasteiger charge is 2.24. The topological polar surface area (TPSA) is 79.3 Å². The molecule has 1 saturated carbocycles. The van der Waals surface area contributed by atoms with Crippen molar-refractivity contribution in [3.63, 3.8) is 0 Å². The second kappa shape index (κ2) is 5.44. The van der Waals surface area contributed by atoms with Crippen molar-refractivity contribution in [1.82, 2.24) is 4.98 Å². The van der Waals surface area contributed by atoms with Crippen molar-refractivity contribution in [2.75, 3.05) is 5.32 Å². The van der Waals surface area contributed by atoms with Gasteiger partial charge in [0.1, 0.15) is 5.82 Å². The molecule has 1 aromatic heterocycles. The fourth-order valence-corrected chi connectivity index (χ4v) is 1.55. The molecule has 1 aliphatic rings. The van der Waals surface area contributed by atoms with Crippen LogP contribution >= 0.6 is 0 Å². The Bertz CT molecular complexity index is 493. The number of aliphatic carboxylic acids is 1. The molecule has 0 unspecified atom stereocenters. The number of rotatable bonds is 5. The highest BCUT2D eigenvalue weighted by Crippen LogP contribution is 2.32. The number of carbonyl (C=O) groups is 2. The second-order valence-electron chi connectivity index (χ2n) is 4.31. The molecule has 0 aliphatic heterocycles. The van der Waals surface area contributed by atoms with E-state index in [9.17, 15) is 9.59 Å². The van der Waals surface area contributed by atoms with E-state index in [-0.39, 0.29) is 5.91 Å². The number of amides is 1. The molecule has 94 valence electrons. The van der Waals surface area contributed by atoms with Crippen LogP contribution in [0.2, 0.25) is 0 Å². The molecule has 0 spiro atoms. The number of carboxylic acids is 1. The van der Waals surface area contributed by atoms with Crippen molar-refractivity contribution < 1.29 is 14.7 Å². The van der Waals surface area contributed by atoms with Crippen molar-refractivity contribution in [1.29, 1.82) is 0 Å². The molecule has 1 aromatic rings. The van der Waals surface area contributed by atoms with Crippen LogP contribution in [0.4, 0.5) is 5.82 Å². The van der Waals surface area contributed by atoms with Gasteiger partial charge >= 0.3 is 5.97 Å². The Morgan fingerprint density at radius 2 is 2.22 bits per heavy atom. The molecular weight excluding hydrogens is 232 g/mol. The minimum absolute atomic E-state index is 0.0376. The number of nitrogens with one attached hydrogen (secondary N) is 1. The van der Waals surface area contributed by atoms with Gasteiger partial charge in [0.2, 0.25) is 5.91 Å². The van der Waals surface area contributed by atoms with Crippen LogP contribution in [0.15, 0.2) is 24.3 Å². The maximum Gasteiger partial charge on any atom is 0.328 e. The lowest BCUT2D eigenvalue weighted by Crippen LogP contribution is -2.13. The number of carbonyl (C=O) groups excluding carboxylic acids is 1. The van der Waals surface area contributed by atoms with Crippen LogP contribution in [-0.2, 0) is 9.59 Å². The highest BCUT2D eigenvalue weighted by atomic mass is 16.4. The van der Waals surface area contributed by atoms with Gasteiger partial charge in [0.25, 0.3) is 0 Å². The van der Waals surface area contributed by atoms with Crippen LogP contribution in [0.1, 0.15) is 25.0 Å². The van der Waals surface area contributed by atoms with E-state index < -0.39 is 5.97 Å². The molecule has 0 saturated heterocycles. The maximum atomic E-state index is 11.6. The number of aromatic nitrogens is 1. The van der Waals surface area contributed by atoms with Gasteiger partial charge in [-0.05, 0) is 37.0 Å². The Morgan fingerprint density at radius 3 is 2.89 bits per heavy atom. The largest absolute Gasteiger partial charge is 0.478 e. The van der Waals surface area contributed by atoms with Crippen molar-refractivity contribution >= 4 is 23.8 Å². The molecule has 0 bridgehead atoms. The summed E-state index contributed by atoms with van der Waals surface area (Å²) in [5.74, 6) is -0.0855. The predicted octanol–water partition coefficient (Wildman–Crippen LogP) is 1.92. The smallest absolute Gasteiger partial charge is 0.328 e. The fraction of sp³-hybridized carbons (Fsp3) is 0.308. The van der Waals surface area contributed by atoms with Gasteiger partial charge < -0.3 is 10.4 Å². The molecule has 18 heavy (non-hydrogen) atoms. The molecule has 1 fully saturated rings. The second-order valence-corrected chi connectivity index (χ2v) is 4.31. The summed E-state index contributed by atoms with van der Waals surface area (Å²) < 4.78 is 0. The third-order valence-electron chi connectivity index (χ3n) is 2.61. The van der Waals surface area contributed by atoms with Crippen LogP contribution in [0.5, 0.6) is 0 Å². The monoisotopic (exact) mass is 246 g/mol. The Balaban J connectivity index is 1.97. The number of hydrogen-bond donors (Lipinski definition) is 2. The van der Waals surface area contributed by atoms with E-state index in [2.05, 4.69) is 10.3 Å². The average molecular weight is 246 g/mol. The van der Waals surface area contributed by atoms with Crippen molar-refractivity contribution in [2.45, 2.75) is 19.3 Å². The van der Waals surface area contributed by atoms with Gasteiger partial charge in [-0.1, -0.05) is 6.07 Å². The van der Waals surface area contributed by atoms with Gasteiger partial charge in [-0.3, -0.25) is 4.79 Å². The van der Waals surface area contributed by atoms with Gasteiger partial charge in [0.15, 0.2) is 0 Å². The maximum absolute atomic E-state index is 11.6. The lowest BCUT2D eigenvalue weighted by atomic mass is 10.3. The Labute approximate surface area is 105 Å². The van der Waals surface area contributed by atoms with E-state index in [4.69, 9.17) is 5.11 Å². The number of carboxylic acid groups (broad SMARTS) is 1. The van der Waals surface area contributed by atoms with Crippen LogP contribution in [-0.4, -0.2) is 22.0 Å². The molecule has 1 amide bonds. The van der Waals surface area contributed by atoms with E-state index in [0.717, 1.165) is 18.9 Å². The minimum Gasteiger partial charge on any atom is -0.478 e. The van der Waals surface area contributed by atoms with Crippen LogP contribution in [0.25, 0.3) is 6.08 Å². The zero-order valence-corrected chi connectivity index (χ0v) is 9.80. The average Bonchev–Trinajstić information content (AvgIpc) is 3.10. The normalized spacial score (nSPS) is 14.7. The number of hydrogen-bond acceptors (Lipinski definition) is 3. The van der Waals surface area contributed by atoms with E-state index in [1.807, 2.05) is 0 Å². The van der Waals surface area contributed by atoms with Crippen molar-refractivity contribution in [3.05, 3.63) is 30.0 Å². The fourth-order valence-electron chi connectivity index (χ4n) is 1.55. The Kier molecular flexibility index (Phi) is 3.72. The molecule has 0 radical (unpaired) electrons. The number of pyridine rings is 1. The zero-order chi connectivity index (χ0) is 13.0. The highest BCUT2D eigenvalue weighted by molar-refractivity contribution is 5.90. The standard InChI is InChI=1S/C13H14N2O3/c16-12(8-9-4-5-9)15-11-3-1-2-10(14-11)6-7-13(17)18/h1-3,6-7,9H,4-5,8H2,(H,17,18)(H,14,15,16)/b7-6+. The minimum atomic E-state index is -1.03. The molecule has 0 aromatic carbocycles. The summed E-state index contributed by atoms with van der Waals surface area (Å²) in [5, 5.41) is 11.2. The SMILES string of the molecule is O=C(O)/C=C/c1cccc(NC(=O)CC2CC2)n1. The summed E-state index contributed by atoms with van der Waals surface area (Å²) in [7, 11) is 0. The van der Waals surface area contributed by atoms with Crippen LogP contribution < -0.4 is 5.32 Å². The van der Waals surface area contributed by atoms with Crippen molar-refractivity contribution in [2.24, 2.45) is 5.92 Å². The van der Waals surface area contributed by atoms with Gasteiger partial charge in [-0.15, -0.1) is 0 Å². The molecule has 1 aliphatic carbocycles. The first kappa shape index (κ1) is 12.3. The third-order valence-corrected chi connectivity index (χ3v) is 2.61. The zero-order valence-electron chi connectivity index (χ0n) is 9.80. The summed E-state index contributed by atoms with van der Waals surface area (Å²) in [6.45, 7) is 0. The van der Waals surface area contributed by atoms with Crippen molar-refractivity contribution in [3.8, 4) is 0 Å². The van der Waals surface area contributed by atoms with E-state index in [1.54, 1.807) is 18.2 Å². The summed E-state index contributed by atoms with van der Waals surface area (Å²) in [5.41, 5.74) is 0.502. The van der Waals surface area contributed by atoms with Crippen LogP contribution in [0, 0.1) is 5.92 Å². The van der Waals surface area contributed by atoms with Gasteiger partial charge in [-0.2, -0.15) is 0 Å². The molecule has 5 heteroatoms. The summed E-state index contributed by atoms with van der Waals surface area (Å²) >= 11 is 0. The first-order chi connectivity index (χ1) is 8.63. The van der Waals surface area contributed by atoms with E-state index in [1.165, 1.54) is 6.08 Å². The Hall–Kier alpha value is -2.17. The number of anilines is 1. The molecule has 1 heterocycles. The quantitative estimate of drug-likeness (QED) is 0.778. The molecule has 5 nitrogen and oxygen atoms in total. The lowest BCUT2D eigenvalue weighted by molar-refractivity contribution is -0.131. The van der Waals surface area contributed by atoms with E-state index in [0.29, 0.717) is 23.9 Å². The van der Waals surface area contributed by atoms with Crippen LogP contribution in [0.3, 0.4) is 0 Å². The van der Waals surface area contributed by atoms with Gasteiger partial charge in [-0.25, -0.2) is 9.78 Å². The summed E-state index contributed by atoms with van der Waals surface area (Å²) in [6.07, 6.45) is 5.19. The number of nitrogens with zero attached hydrogens (tertiary/aromatic N) is 1. The van der Waals surface area contributed by atoms with E-state index >= 15 is 0 Å². The summed E-state index contributed by atoms with van der Waals surface area (Å²) in [4.78, 5) is 26.1. The first-order valence-corrected chi connectivity index (χ1v) is 5.81. The Morgan fingerprint density at radius 1 is 1.44 bits per heavy atom. The summed E-state index contributed by atoms with van der Waals surface area (Å²) in [6, 6.07) is 5.08. The lowest BCUT2D eigenvalue weighted by Gasteiger charge is -2.04. The predicted molar refractivity (Wildman–Crippen MR) is 66.9 cm³/mol. The van der Waals surface area contributed by atoms with Gasteiger partial charge in [0.05, 0.1) is 5.69 Å². The third kappa shape index (κ3) is 4.01.